The van der Waals surface area contributed by atoms with Gasteiger partial charge in [0.15, 0.2) is 0 Å². The minimum Gasteiger partial charge on any atom is -0.355 e. The molecule has 1 amide bonds. The van der Waals surface area contributed by atoms with E-state index in [9.17, 15) is 9.18 Å². The number of rotatable bonds is 5. The summed E-state index contributed by atoms with van der Waals surface area (Å²) in [5.41, 5.74) is 1.01. The van der Waals surface area contributed by atoms with Crippen LogP contribution in [0.5, 0.6) is 0 Å². The van der Waals surface area contributed by atoms with Crippen molar-refractivity contribution < 1.29 is 9.18 Å². The van der Waals surface area contributed by atoms with E-state index in [0.29, 0.717) is 13.0 Å². The summed E-state index contributed by atoms with van der Waals surface area (Å²) < 4.78 is 12.8. The summed E-state index contributed by atoms with van der Waals surface area (Å²) >= 11 is 1.76. The third-order valence-electron chi connectivity index (χ3n) is 3.80. The van der Waals surface area contributed by atoms with Crippen molar-refractivity contribution in [2.45, 2.75) is 24.7 Å². The van der Waals surface area contributed by atoms with Crippen molar-refractivity contribution in [2.75, 3.05) is 6.54 Å². The van der Waals surface area contributed by atoms with Crippen LogP contribution in [0.15, 0.2) is 41.8 Å². The van der Waals surface area contributed by atoms with Gasteiger partial charge < -0.3 is 5.32 Å². The summed E-state index contributed by atoms with van der Waals surface area (Å²) in [6.45, 7) is 0.702. The summed E-state index contributed by atoms with van der Waals surface area (Å²) in [6, 6.07) is 10.3. The van der Waals surface area contributed by atoms with Gasteiger partial charge in [0.05, 0.1) is 6.42 Å². The van der Waals surface area contributed by atoms with E-state index in [1.807, 2.05) is 0 Å². The zero-order valence-corrected chi connectivity index (χ0v) is 11.9. The Labute approximate surface area is 121 Å². The molecular weight excluding hydrogens is 273 g/mol. The van der Waals surface area contributed by atoms with Gasteiger partial charge in [0.1, 0.15) is 5.82 Å². The van der Waals surface area contributed by atoms with Gasteiger partial charge in [0.25, 0.3) is 0 Å². The van der Waals surface area contributed by atoms with E-state index in [4.69, 9.17) is 0 Å². The largest absolute Gasteiger partial charge is 0.355 e. The molecule has 1 aliphatic rings. The first-order valence-electron chi connectivity index (χ1n) is 6.73. The fourth-order valence-corrected chi connectivity index (χ4v) is 3.35. The van der Waals surface area contributed by atoms with Crippen LogP contribution in [-0.4, -0.2) is 12.5 Å². The summed E-state index contributed by atoms with van der Waals surface area (Å²) in [5, 5.41) is 5.09. The smallest absolute Gasteiger partial charge is 0.224 e. The van der Waals surface area contributed by atoms with Gasteiger partial charge >= 0.3 is 0 Å². The average molecular weight is 289 g/mol. The van der Waals surface area contributed by atoms with Crippen LogP contribution in [0.3, 0.4) is 0 Å². The molecule has 2 nitrogen and oxygen atoms in total. The average Bonchev–Trinajstić information content (AvgIpc) is 3.03. The zero-order chi connectivity index (χ0) is 14.0. The maximum Gasteiger partial charge on any atom is 0.224 e. The Bertz CT molecular complexity index is 587. The van der Waals surface area contributed by atoms with Gasteiger partial charge in [0, 0.05) is 16.8 Å². The van der Waals surface area contributed by atoms with Crippen molar-refractivity contribution in [1.82, 2.24) is 5.32 Å². The minimum atomic E-state index is -0.274. The van der Waals surface area contributed by atoms with Crippen LogP contribution in [-0.2, 0) is 16.6 Å². The molecule has 0 atom stereocenters. The Morgan fingerprint density at radius 1 is 1.25 bits per heavy atom. The van der Waals surface area contributed by atoms with E-state index in [0.717, 1.165) is 18.4 Å². The molecule has 0 aliphatic heterocycles. The molecule has 0 radical (unpaired) electrons. The maximum absolute atomic E-state index is 12.8. The van der Waals surface area contributed by atoms with Crippen molar-refractivity contribution in [3.8, 4) is 0 Å². The second-order valence-electron chi connectivity index (χ2n) is 5.34. The summed E-state index contributed by atoms with van der Waals surface area (Å²) in [5.74, 6) is -0.275. The van der Waals surface area contributed by atoms with Gasteiger partial charge in [-0.1, -0.05) is 18.2 Å². The molecule has 0 bridgehead atoms. The Morgan fingerprint density at radius 2 is 2.00 bits per heavy atom. The molecule has 20 heavy (non-hydrogen) atoms. The van der Waals surface area contributed by atoms with Crippen LogP contribution >= 0.6 is 11.3 Å². The quantitative estimate of drug-likeness (QED) is 0.899. The van der Waals surface area contributed by atoms with Gasteiger partial charge in [-0.05, 0) is 42.0 Å². The Balaban J connectivity index is 1.54. The SMILES string of the molecule is O=C(Cc1ccc(F)cc1)NCC1(c2cccs2)CC1. The second kappa shape index (κ2) is 5.37. The van der Waals surface area contributed by atoms with Crippen molar-refractivity contribution >= 4 is 17.2 Å². The van der Waals surface area contributed by atoms with Gasteiger partial charge in [-0.3, -0.25) is 4.79 Å². The van der Waals surface area contributed by atoms with Crippen molar-refractivity contribution in [3.05, 3.63) is 58.0 Å². The molecule has 104 valence electrons. The van der Waals surface area contributed by atoms with E-state index < -0.39 is 0 Å². The number of carbonyl (C=O) groups is 1. The Kier molecular flexibility index (Phi) is 3.57. The molecule has 1 saturated carbocycles. The molecular formula is C16H16FNOS. The number of amides is 1. The predicted octanol–water partition coefficient (Wildman–Crippen LogP) is 3.28. The predicted molar refractivity (Wildman–Crippen MR) is 78.3 cm³/mol. The molecule has 3 rings (SSSR count). The highest BCUT2D eigenvalue weighted by Gasteiger charge is 2.45. The van der Waals surface area contributed by atoms with Crippen LogP contribution in [0.4, 0.5) is 4.39 Å². The fourth-order valence-electron chi connectivity index (χ4n) is 2.36. The highest BCUT2D eigenvalue weighted by atomic mass is 32.1. The third kappa shape index (κ3) is 2.90. The number of hydrogen-bond donors (Lipinski definition) is 1. The Morgan fingerprint density at radius 3 is 2.60 bits per heavy atom. The maximum atomic E-state index is 12.8. The molecule has 0 saturated heterocycles. The summed E-state index contributed by atoms with van der Waals surface area (Å²) in [6.07, 6.45) is 2.59. The first-order chi connectivity index (χ1) is 9.68. The molecule has 4 heteroatoms. The molecule has 0 unspecified atom stereocenters. The van der Waals surface area contributed by atoms with Gasteiger partial charge in [-0.25, -0.2) is 4.39 Å². The second-order valence-corrected chi connectivity index (χ2v) is 6.29. The van der Waals surface area contributed by atoms with Crippen LogP contribution in [0, 0.1) is 5.82 Å². The number of thiophene rings is 1. The molecule has 1 aliphatic carbocycles. The lowest BCUT2D eigenvalue weighted by Gasteiger charge is -2.14. The normalized spacial score (nSPS) is 15.8. The molecule has 1 fully saturated rings. The fraction of sp³-hybridized carbons (Fsp3) is 0.312. The summed E-state index contributed by atoms with van der Waals surface area (Å²) in [7, 11) is 0. The first-order valence-corrected chi connectivity index (χ1v) is 7.61. The monoisotopic (exact) mass is 289 g/mol. The highest BCUT2D eigenvalue weighted by molar-refractivity contribution is 7.10. The van der Waals surface area contributed by atoms with Crippen molar-refractivity contribution in [1.29, 1.82) is 0 Å². The highest BCUT2D eigenvalue weighted by Crippen LogP contribution is 2.49. The molecule has 2 aromatic rings. The van der Waals surface area contributed by atoms with Gasteiger partial charge in [0.2, 0.25) is 5.91 Å². The van der Waals surface area contributed by atoms with Gasteiger partial charge in [-0.15, -0.1) is 11.3 Å². The van der Waals surface area contributed by atoms with Crippen LogP contribution < -0.4 is 5.32 Å². The molecule has 1 aromatic carbocycles. The first kappa shape index (κ1) is 13.3. The Hall–Kier alpha value is -1.68. The van der Waals surface area contributed by atoms with E-state index in [2.05, 4.69) is 22.8 Å². The number of benzene rings is 1. The zero-order valence-electron chi connectivity index (χ0n) is 11.1. The van der Waals surface area contributed by atoms with Crippen molar-refractivity contribution in [3.63, 3.8) is 0 Å². The van der Waals surface area contributed by atoms with Crippen LogP contribution in [0.25, 0.3) is 0 Å². The lowest BCUT2D eigenvalue weighted by molar-refractivity contribution is -0.120. The van der Waals surface area contributed by atoms with E-state index in [1.54, 1.807) is 23.5 Å². The van der Waals surface area contributed by atoms with Crippen molar-refractivity contribution in [2.24, 2.45) is 0 Å². The van der Waals surface area contributed by atoms with E-state index >= 15 is 0 Å². The van der Waals surface area contributed by atoms with E-state index in [1.165, 1.54) is 17.0 Å². The standard InChI is InChI=1S/C16H16FNOS/c17-13-5-3-12(4-6-13)10-15(19)18-11-16(7-8-16)14-2-1-9-20-14/h1-6,9H,7-8,10-11H2,(H,18,19). The lowest BCUT2D eigenvalue weighted by atomic mass is 10.1. The van der Waals surface area contributed by atoms with Crippen LogP contribution in [0.1, 0.15) is 23.3 Å². The molecule has 1 N–H and O–H groups in total. The lowest BCUT2D eigenvalue weighted by Crippen LogP contribution is -2.32. The third-order valence-corrected chi connectivity index (χ3v) is 4.92. The topological polar surface area (TPSA) is 29.1 Å². The van der Waals surface area contributed by atoms with Crippen LogP contribution in [0.2, 0.25) is 0 Å². The van der Waals surface area contributed by atoms with E-state index in [-0.39, 0.29) is 17.1 Å². The number of halogens is 1. The molecule has 0 spiro atoms. The molecule has 1 heterocycles. The minimum absolute atomic E-state index is 0.000519. The number of carbonyl (C=O) groups excluding carboxylic acids is 1. The number of nitrogens with one attached hydrogen (secondary N) is 1. The number of hydrogen-bond acceptors (Lipinski definition) is 2. The molecule has 1 aromatic heterocycles. The summed E-state index contributed by atoms with van der Waals surface area (Å²) in [4.78, 5) is 13.3. The van der Waals surface area contributed by atoms with Gasteiger partial charge in [-0.2, -0.15) is 0 Å².